The Kier molecular flexibility index (Phi) is 12.3. The Bertz CT molecular complexity index is 2060. The highest BCUT2D eigenvalue weighted by molar-refractivity contribution is 7.52. The lowest BCUT2D eigenvalue weighted by Crippen LogP contribution is -2.44. The number of halogens is 2. The Labute approximate surface area is 296 Å². The third-order valence-electron chi connectivity index (χ3n) is 7.78. The number of hydrogen-bond acceptors (Lipinski definition) is 14. The van der Waals surface area contributed by atoms with Gasteiger partial charge < -0.3 is 34.7 Å². The van der Waals surface area contributed by atoms with E-state index in [1.807, 2.05) is 0 Å². The molecule has 278 valence electrons. The van der Waals surface area contributed by atoms with Gasteiger partial charge in [-0.3, -0.25) is 18.9 Å². The predicted molar refractivity (Wildman–Crippen MR) is 183 cm³/mol. The highest BCUT2D eigenvalue weighted by Gasteiger charge is 2.38. The lowest BCUT2D eigenvalue weighted by molar-refractivity contribution is -0.148. The lowest BCUT2D eigenvalue weighted by atomic mass is 10.1. The topological polar surface area (TPSA) is 215 Å². The molecular weight excluding hydrogens is 707 g/mol. The normalized spacial score (nSPS) is 15.2. The molecule has 3 heterocycles. The van der Waals surface area contributed by atoms with Gasteiger partial charge in [0.1, 0.15) is 49.0 Å². The van der Waals surface area contributed by atoms with E-state index in [9.17, 15) is 28.4 Å². The maximum atomic E-state index is 14.7. The second-order valence-electron chi connectivity index (χ2n) is 11.9. The molecule has 0 aliphatic heterocycles. The molecule has 2 unspecified atom stereocenters. The van der Waals surface area contributed by atoms with E-state index in [4.69, 9.17) is 29.0 Å². The molecule has 2 aromatic carbocycles. The molecule has 19 heteroatoms. The summed E-state index contributed by atoms with van der Waals surface area (Å²) in [6.07, 6.45) is -1.33. The van der Waals surface area contributed by atoms with Crippen LogP contribution in [-0.4, -0.2) is 78.8 Å². The fourth-order valence-electron chi connectivity index (χ4n) is 4.97. The molecule has 0 saturated carbocycles. The van der Waals surface area contributed by atoms with Crippen LogP contribution >= 0.6 is 7.75 Å². The molecular formula is C33H38F2N7O9P. The first-order valence-electron chi connectivity index (χ1n) is 15.9. The number of methoxy groups -OCH3 is 1. The Hall–Kier alpha value is -4.84. The summed E-state index contributed by atoms with van der Waals surface area (Å²) < 4.78 is 72.1. The van der Waals surface area contributed by atoms with Crippen LogP contribution in [0, 0.1) is 17.6 Å². The molecule has 5 N–H and O–H groups in total. The van der Waals surface area contributed by atoms with Gasteiger partial charge in [0.15, 0.2) is 11.2 Å². The van der Waals surface area contributed by atoms with Crippen molar-refractivity contribution in [3.8, 4) is 11.6 Å². The number of aromatic nitrogens is 5. The molecule has 3 aromatic heterocycles. The molecule has 5 atom stereocenters. The van der Waals surface area contributed by atoms with Crippen molar-refractivity contribution in [3.63, 3.8) is 0 Å². The molecule has 16 nitrogen and oxygen atoms in total. The second kappa shape index (κ2) is 16.7. The number of ether oxygens (including phenoxy) is 3. The van der Waals surface area contributed by atoms with Crippen molar-refractivity contribution in [2.24, 2.45) is 5.92 Å². The van der Waals surface area contributed by atoms with Crippen molar-refractivity contribution in [2.45, 2.75) is 58.5 Å². The predicted octanol–water partition coefficient (Wildman–Crippen LogP) is 3.89. The monoisotopic (exact) mass is 745 g/mol. The standard InChI is InChI=1S/C33H38F2N7O9P/c1-18(2)27(32(45)48-14-20-10-11-21(34)13-23(20)35)41-52(46,51-25-9-5-8-24-22(25)7-6-12-37-24)50-15-26(29(44)19(3)43)49-17-42-16-38-28-30(42)39-33(36)40-31(28)47-4/h5-13,16,18-19,26-27,29,43-44H,14-15,17H2,1-4H3,(H,41,46)(H2,36,39,40)/t19?,26-,27+,29+,52?/m1/s1. The number of aliphatic hydroxyl groups is 2. The molecule has 0 amide bonds. The van der Waals surface area contributed by atoms with Gasteiger partial charge in [0.2, 0.25) is 11.8 Å². The van der Waals surface area contributed by atoms with E-state index >= 15 is 0 Å². The van der Waals surface area contributed by atoms with Crippen molar-refractivity contribution >= 4 is 41.7 Å². The van der Waals surface area contributed by atoms with Crippen molar-refractivity contribution in [1.82, 2.24) is 29.6 Å². The summed E-state index contributed by atoms with van der Waals surface area (Å²) in [7, 11) is -3.24. The Balaban J connectivity index is 1.41. The molecule has 5 rings (SSSR count). The Morgan fingerprint density at radius 2 is 1.87 bits per heavy atom. The number of carbonyl (C=O) groups is 1. The van der Waals surface area contributed by atoms with E-state index in [0.29, 0.717) is 17.0 Å². The van der Waals surface area contributed by atoms with Crippen LogP contribution in [0.1, 0.15) is 26.3 Å². The number of nitrogens with zero attached hydrogens (tertiary/aromatic N) is 5. The van der Waals surface area contributed by atoms with Gasteiger partial charge in [-0.05, 0) is 49.2 Å². The molecule has 0 saturated heterocycles. The summed E-state index contributed by atoms with van der Waals surface area (Å²) in [6.45, 7) is 3.09. The molecule has 0 bridgehead atoms. The van der Waals surface area contributed by atoms with Gasteiger partial charge in [0.05, 0.1) is 31.7 Å². The largest absolute Gasteiger partial charge is 0.479 e. The number of pyridine rings is 1. The van der Waals surface area contributed by atoms with Gasteiger partial charge in [-0.1, -0.05) is 19.9 Å². The van der Waals surface area contributed by atoms with Crippen LogP contribution < -0.4 is 20.1 Å². The van der Waals surface area contributed by atoms with Crippen LogP contribution in [0.5, 0.6) is 11.6 Å². The minimum Gasteiger partial charge on any atom is -0.479 e. The van der Waals surface area contributed by atoms with E-state index in [0.717, 1.165) is 12.1 Å². The fraction of sp³-hybridized carbons (Fsp3) is 0.364. The molecule has 0 radical (unpaired) electrons. The van der Waals surface area contributed by atoms with E-state index in [1.165, 1.54) is 31.0 Å². The van der Waals surface area contributed by atoms with E-state index in [2.05, 4.69) is 25.0 Å². The molecule has 0 aliphatic rings. The van der Waals surface area contributed by atoms with Crippen LogP contribution in [0.15, 0.2) is 61.1 Å². The number of imidazole rings is 1. The minimum absolute atomic E-state index is 0.0790. The van der Waals surface area contributed by atoms with Crippen LogP contribution in [0.2, 0.25) is 0 Å². The summed E-state index contributed by atoms with van der Waals surface area (Å²) in [5.41, 5.74) is 6.76. The smallest absolute Gasteiger partial charge is 0.459 e. The van der Waals surface area contributed by atoms with Crippen LogP contribution in [0.3, 0.4) is 0 Å². The molecule has 0 aliphatic carbocycles. The van der Waals surface area contributed by atoms with Gasteiger partial charge in [-0.25, -0.2) is 18.3 Å². The third-order valence-corrected chi connectivity index (χ3v) is 9.30. The lowest BCUT2D eigenvalue weighted by Gasteiger charge is -2.30. The average Bonchev–Trinajstić information content (AvgIpc) is 3.52. The number of anilines is 1. The third kappa shape index (κ3) is 9.14. The number of carbonyl (C=O) groups excluding carboxylic acids is 1. The quantitative estimate of drug-likeness (QED) is 0.0785. The molecule has 5 aromatic rings. The van der Waals surface area contributed by atoms with E-state index in [1.54, 1.807) is 44.3 Å². The number of nitrogen functional groups attached to an aromatic ring is 1. The fourth-order valence-corrected chi connectivity index (χ4v) is 6.66. The van der Waals surface area contributed by atoms with Crippen molar-refractivity contribution in [1.29, 1.82) is 0 Å². The average molecular weight is 746 g/mol. The second-order valence-corrected chi connectivity index (χ2v) is 13.6. The van der Waals surface area contributed by atoms with Crippen LogP contribution in [0.4, 0.5) is 14.7 Å². The minimum atomic E-state index is -4.63. The zero-order valence-electron chi connectivity index (χ0n) is 28.6. The number of benzene rings is 2. The number of nitrogens with two attached hydrogens (primary N) is 1. The number of hydrogen-bond donors (Lipinski definition) is 4. The number of esters is 1. The Morgan fingerprint density at radius 1 is 1.08 bits per heavy atom. The van der Waals surface area contributed by atoms with Gasteiger partial charge in [0.25, 0.3) is 0 Å². The van der Waals surface area contributed by atoms with Crippen LogP contribution in [0.25, 0.3) is 22.1 Å². The van der Waals surface area contributed by atoms with Gasteiger partial charge in [-0.15, -0.1) is 0 Å². The van der Waals surface area contributed by atoms with Crippen molar-refractivity contribution < 1.29 is 51.6 Å². The molecule has 52 heavy (non-hydrogen) atoms. The number of nitrogens with one attached hydrogen (secondary N) is 1. The summed E-state index contributed by atoms with van der Waals surface area (Å²) in [4.78, 5) is 30.0. The Morgan fingerprint density at radius 3 is 2.58 bits per heavy atom. The maximum Gasteiger partial charge on any atom is 0.459 e. The molecule has 0 spiro atoms. The van der Waals surface area contributed by atoms with Crippen molar-refractivity contribution in [2.75, 3.05) is 19.5 Å². The highest BCUT2D eigenvalue weighted by Crippen LogP contribution is 2.47. The summed E-state index contributed by atoms with van der Waals surface area (Å²) >= 11 is 0. The highest BCUT2D eigenvalue weighted by atomic mass is 31.2. The van der Waals surface area contributed by atoms with E-state index < -0.39 is 68.8 Å². The number of rotatable bonds is 17. The summed E-state index contributed by atoms with van der Waals surface area (Å²) in [6, 6.07) is 9.64. The summed E-state index contributed by atoms with van der Waals surface area (Å²) in [5, 5.41) is 24.3. The first kappa shape index (κ1) is 38.4. The van der Waals surface area contributed by atoms with E-state index in [-0.39, 0.29) is 41.0 Å². The summed E-state index contributed by atoms with van der Waals surface area (Å²) in [5.74, 6) is -3.13. The van der Waals surface area contributed by atoms with Gasteiger partial charge in [0, 0.05) is 23.2 Å². The van der Waals surface area contributed by atoms with Crippen molar-refractivity contribution in [3.05, 3.63) is 78.3 Å². The van der Waals surface area contributed by atoms with Gasteiger partial charge >= 0.3 is 13.7 Å². The number of aliphatic hydroxyl groups excluding tert-OH is 2. The molecule has 0 fully saturated rings. The first-order chi connectivity index (χ1) is 24.8. The zero-order chi connectivity index (χ0) is 37.6. The first-order valence-corrected chi connectivity index (χ1v) is 17.5. The zero-order valence-corrected chi connectivity index (χ0v) is 29.4. The maximum absolute atomic E-state index is 14.7. The van der Waals surface area contributed by atoms with Crippen LogP contribution in [-0.2, 0) is 36.7 Å². The van der Waals surface area contributed by atoms with Gasteiger partial charge in [-0.2, -0.15) is 15.1 Å². The SMILES string of the molecule is COc1nc(N)nc2c1ncn2CO[C@H](COP(=O)(N[C@H](C(=O)OCc1ccc(F)cc1F)C(C)C)Oc1cccc2ncccc12)[C@@H](O)C(C)O. The number of fused-ring (bicyclic) bond motifs is 2.